The summed E-state index contributed by atoms with van der Waals surface area (Å²) in [4.78, 5) is 39.4. The van der Waals surface area contributed by atoms with Gasteiger partial charge in [0, 0.05) is 23.8 Å². The Balaban J connectivity index is 1.75. The molecule has 0 bridgehead atoms. The molecule has 1 N–H and O–H groups in total. The lowest BCUT2D eigenvalue weighted by molar-refractivity contribution is -0.161. The van der Waals surface area contributed by atoms with Crippen LogP contribution in [0.2, 0.25) is 5.02 Å². The molecule has 8 heteroatoms. The molecule has 2 aliphatic rings. The number of anilines is 1. The SMILES string of the molecule is O=C(O)[C@H]1COCCN1C(=O)[C@@H]1CCN(c2ccc(Cl)cc2)C1=O. The van der Waals surface area contributed by atoms with Gasteiger partial charge in [-0.15, -0.1) is 0 Å². The topological polar surface area (TPSA) is 87.2 Å². The number of rotatable bonds is 3. The highest BCUT2D eigenvalue weighted by Gasteiger charge is 2.43. The molecule has 1 aromatic rings. The highest BCUT2D eigenvalue weighted by molar-refractivity contribution is 6.30. The number of benzene rings is 1. The maximum absolute atomic E-state index is 12.7. The predicted octanol–water partition coefficient (Wildman–Crippen LogP) is 1.00. The van der Waals surface area contributed by atoms with E-state index in [2.05, 4.69) is 0 Å². The van der Waals surface area contributed by atoms with Crippen LogP contribution in [-0.2, 0) is 19.1 Å². The van der Waals surface area contributed by atoms with Crippen LogP contribution in [0.15, 0.2) is 24.3 Å². The summed E-state index contributed by atoms with van der Waals surface area (Å²) in [5.74, 6) is -2.71. The number of ether oxygens (including phenoxy) is 1. The zero-order valence-electron chi connectivity index (χ0n) is 12.9. The van der Waals surface area contributed by atoms with E-state index in [0.29, 0.717) is 23.7 Å². The smallest absolute Gasteiger partial charge is 0.328 e. The first-order valence-corrected chi connectivity index (χ1v) is 8.05. The summed E-state index contributed by atoms with van der Waals surface area (Å²) in [6.07, 6.45) is 0.365. The van der Waals surface area contributed by atoms with Crippen molar-refractivity contribution in [1.29, 1.82) is 0 Å². The van der Waals surface area contributed by atoms with Crippen LogP contribution >= 0.6 is 11.6 Å². The predicted molar refractivity (Wildman–Crippen MR) is 85.9 cm³/mol. The number of nitrogens with zero attached hydrogens (tertiary/aromatic N) is 2. The van der Waals surface area contributed by atoms with Crippen molar-refractivity contribution >= 4 is 35.1 Å². The summed E-state index contributed by atoms with van der Waals surface area (Å²) >= 11 is 5.85. The van der Waals surface area contributed by atoms with Crippen LogP contribution in [0.25, 0.3) is 0 Å². The lowest BCUT2D eigenvalue weighted by Gasteiger charge is -2.34. The number of hydrogen-bond acceptors (Lipinski definition) is 4. The molecular formula is C16H17ClN2O5. The highest BCUT2D eigenvalue weighted by atomic mass is 35.5. The molecule has 0 spiro atoms. The fraction of sp³-hybridized carbons (Fsp3) is 0.438. The van der Waals surface area contributed by atoms with E-state index in [4.69, 9.17) is 16.3 Å². The minimum Gasteiger partial charge on any atom is -0.480 e. The van der Waals surface area contributed by atoms with Crippen molar-refractivity contribution in [2.75, 3.05) is 31.2 Å². The first-order chi connectivity index (χ1) is 11.5. The van der Waals surface area contributed by atoms with E-state index in [1.165, 1.54) is 9.80 Å². The van der Waals surface area contributed by atoms with Gasteiger partial charge in [0.2, 0.25) is 11.8 Å². The van der Waals surface area contributed by atoms with Gasteiger partial charge in [-0.25, -0.2) is 4.79 Å². The van der Waals surface area contributed by atoms with E-state index in [1.807, 2.05) is 0 Å². The molecule has 0 radical (unpaired) electrons. The zero-order chi connectivity index (χ0) is 17.3. The molecule has 7 nitrogen and oxygen atoms in total. The number of carboxylic acids is 1. The third-order valence-corrected chi connectivity index (χ3v) is 4.59. The molecule has 24 heavy (non-hydrogen) atoms. The van der Waals surface area contributed by atoms with Crippen LogP contribution < -0.4 is 4.90 Å². The van der Waals surface area contributed by atoms with Gasteiger partial charge in [-0.2, -0.15) is 0 Å². The zero-order valence-corrected chi connectivity index (χ0v) is 13.6. The van der Waals surface area contributed by atoms with Crippen LogP contribution in [0.3, 0.4) is 0 Å². The third kappa shape index (κ3) is 3.09. The van der Waals surface area contributed by atoms with E-state index < -0.39 is 23.8 Å². The molecular weight excluding hydrogens is 336 g/mol. The molecule has 0 aromatic heterocycles. The fourth-order valence-corrected chi connectivity index (χ4v) is 3.18. The Morgan fingerprint density at radius 2 is 1.92 bits per heavy atom. The normalized spacial score (nSPS) is 24.3. The molecule has 2 fully saturated rings. The van der Waals surface area contributed by atoms with Crippen LogP contribution in [0.4, 0.5) is 5.69 Å². The van der Waals surface area contributed by atoms with Crippen LogP contribution in [0, 0.1) is 5.92 Å². The van der Waals surface area contributed by atoms with Gasteiger partial charge in [-0.05, 0) is 30.7 Å². The van der Waals surface area contributed by atoms with Gasteiger partial charge in [-0.3, -0.25) is 9.59 Å². The Bertz CT molecular complexity index is 663. The quantitative estimate of drug-likeness (QED) is 0.820. The van der Waals surface area contributed by atoms with Crippen LogP contribution in [0.5, 0.6) is 0 Å². The maximum Gasteiger partial charge on any atom is 0.328 e. The van der Waals surface area contributed by atoms with Gasteiger partial charge >= 0.3 is 5.97 Å². The molecule has 2 saturated heterocycles. The van der Waals surface area contributed by atoms with Gasteiger partial charge in [-0.1, -0.05) is 11.6 Å². The van der Waals surface area contributed by atoms with Crippen molar-refractivity contribution in [3.05, 3.63) is 29.3 Å². The molecule has 3 rings (SSSR count). The van der Waals surface area contributed by atoms with Crippen LogP contribution in [0.1, 0.15) is 6.42 Å². The van der Waals surface area contributed by atoms with E-state index in [-0.39, 0.29) is 25.7 Å². The number of amides is 2. The second kappa shape index (κ2) is 6.78. The second-order valence-electron chi connectivity index (χ2n) is 5.77. The first kappa shape index (κ1) is 16.7. The molecule has 128 valence electrons. The van der Waals surface area contributed by atoms with Gasteiger partial charge in [0.1, 0.15) is 5.92 Å². The highest BCUT2D eigenvalue weighted by Crippen LogP contribution is 2.28. The number of aliphatic carboxylic acids is 1. The fourth-order valence-electron chi connectivity index (χ4n) is 3.06. The number of carboxylic acid groups (broad SMARTS) is 1. The summed E-state index contributed by atoms with van der Waals surface area (Å²) in [6, 6.07) is 5.77. The van der Waals surface area contributed by atoms with E-state index >= 15 is 0 Å². The average Bonchev–Trinajstić information content (AvgIpc) is 2.96. The number of halogens is 1. The van der Waals surface area contributed by atoms with E-state index in [0.717, 1.165) is 0 Å². The van der Waals surface area contributed by atoms with Crippen molar-refractivity contribution in [3.63, 3.8) is 0 Å². The molecule has 1 aromatic carbocycles. The Hall–Kier alpha value is -2.12. The summed E-state index contributed by atoms with van der Waals surface area (Å²) in [5.41, 5.74) is 0.677. The van der Waals surface area contributed by atoms with Crippen molar-refractivity contribution in [1.82, 2.24) is 4.90 Å². The van der Waals surface area contributed by atoms with E-state index in [1.54, 1.807) is 24.3 Å². The first-order valence-electron chi connectivity index (χ1n) is 7.67. The summed E-state index contributed by atoms with van der Waals surface area (Å²) in [5, 5.41) is 9.81. The van der Waals surface area contributed by atoms with Gasteiger partial charge in [0.25, 0.3) is 0 Å². The van der Waals surface area contributed by atoms with Gasteiger partial charge in [0.15, 0.2) is 6.04 Å². The molecule has 2 amide bonds. The third-order valence-electron chi connectivity index (χ3n) is 4.34. The minimum atomic E-state index is -1.12. The largest absolute Gasteiger partial charge is 0.480 e. The molecule has 0 unspecified atom stereocenters. The van der Waals surface area contributed by atoms with Gasteiger partial charge < -0.3 is 19.6 Å². The van der Waals surface area contributed by atoms with Crippen molar-refractivity contribution < 1.29 is 24.2 Å². The lowest BCUT2D eigenvalue weighted by Crippen LogP contribution is -2.55. The number of morpholine rings is 1. The van der Waals surface area contributed by atoms with Gasteiger partial charge in [0.05, 0.1) is 13.2 Å². The molecule has 2 atom stereocenters. The standard InChI is InChI=1S/C16H17ClN2O5/c17-10-1-3-11(4-2-10)18-6-5-12(14(18)20)15(21)19-7-8-24-9-13(19)16(22)23/h1-4,12-13H,5-9H2,(H,22,23)/t12-,13-/m1/s1. The lowest BCUT2D eigenvalue weighted by atomic mass is 10.0. The Kier molecular flexibility index (Phi) is 4.73. The number of carbonyl (C=O) groups excluding carboxylic acids is 2. The molecule has 2 aliphatic heterocycles. The Labute approximate surface area is 143 Å². The monoisotopic (exact) mass is 352 g/mol. The van der Waals surface area contributed by atoms with Crippen molar-refractivity contribution in [2.24, 2.45) is 5.92 Å². The summed E-state index contributed by atoms with van der Waals surface area (Å²) in [6.45, 7) is 0.819. The number of carbonyl (C=O) groups is 3. The molecule has 2 heterocycles. The van der Waals surface area contributed by atoms with Crippen molar-refractivity contribution in [2.45, 2.75) is 12.5 Å². The van der Waals surface area contributed by atoms with Crippen LogP contribution in [-0.4, -0.2) is 60.1 Å². The molecule has 0 aliphatic carbocycles. The Morgan fingerprint density at radius 3 is 2.58 bits per heavy atom. The molecule has 0 saturated carbocycles. The maximum atomic E-state index is 12.7. The van der Waals surface area contributed by atoms with Crippen molar-refractivity contribution in [3.8, 4) is 0 Å². The Morgan fingerprint density at radius 1 is 1.21 bits per heavy atom. The van der Waals surface area contributed by atoms with E-state index in [9.17, 15) is 19.5 Å². The summed E-state index contributed by atoms with van der Waals surface area (Å²) < 4.78 is 5.13. The minimum absolute atomic E-state index is 0.0527. The second-order valence-corrected chi connectivity index (χ2v) is 6.20. The average molecular weight is 353 g/mol. The summed E-state index contributed by atoms with van der Waals surface area (Å²) in [7, 11) is 0. The number of hydrogen-bond donors (Lipinski definition) is 1.